The van der Waals surface area contributed by atoms with Crippen LogP contribution in [0.25, 0.3) is 0 Å². The Morgan fingerprint density at radius 3 is 2.61 bits per heavy atom. The third kappa shape index (κ3) is 2.64. The van der Waals surface area contributed by atoms with Crippen LogP contribution in [-0.2, 0) is 9.53 Å². The van der Waals surface area contributed by atoms with Crippen LogP contribution < -0.4 is 0 Å². The number of aryl methyl sites for hydroxylation is 1. The third-order valence-electron chi connectivity index (χ3n) is 4.02. The maximum atomic E-state index is 10.9. The van der Waals surface area contributed by atoms with Gasteiger partial charge in [-0.2, -0.15) is 0 Å². The molecule has 1 aliphatic rings. The van der Waals surface area contributed by atoms with Crippen molar-refractivity contribution in [2.75, 3.05) is 6.61 Å². The van der Waals surface area contributed by atoms with Gasteiger partial charge in [-0.1, -0.05) is 29.8 Å². The van der Waals surface area contributed by atoms with Crippen LogP contribution in [-0.4, -0.2) is 18.5 Å². The summed E-state index contributed by atoms with van der Waals surface area (Å²) in [7, 11) is 0. The molecule has 1 heterocycles. The summed E-state index contributed by atoms with van der Waals surface area (Å²) >= 11 is 0. The Hall–Kier alpha value is -1.15. The van der Waals surface area contributed by atoms with Gasteiger partial charge >= 0.3 is 0 Å². The molecule has 1 aliphatic heterocycles. The van der Waals surface area contributed by atoms with Crippen molar-refractivity contribution in [3.8, 4) is 0 Å². The van der Waals surface area contributed by atoms with Crippen molar-refractivity contribution in [3.63, 3.8) is 0 Å². The van der Waals surface area contributed by atoms with E-state index in [1.165, 1.54) is 11.1 Å². The first-order valence-electron chi connectivity index (χ1n) is 6.69. The molecule has 1 saturated heterocycles. The monoisotopic (exact) mass is 246 g/mol. The fourth-order valence-electron chi connectivity index (χ4n) is 3.12. The lowest BCUT2D eigenvalue weighted by Gasteiger charge is -2.44. The molecule has 0 amide bonds. The molecule has 2 unspecified atom stereocenters. The highest BCUT2D eigenvalue weighted by Gasteiger charge is 2.40. The topological polar surface area (TPSA) is 26.3 Å². The Bertz CT molecular complexity index is 406. The lowest BCUT2D eigenvalue weighted by Crippen LogP contribution is -2.42. The maximum Gasteiger partial charge on any atom is 0.120 e. The van der Waals surface area contributed by atoms with Gasteiger partial charge in [-0.05, 0) is 38.7 Å². The molecule has 0 spiro atoms. The lowest BCUT2D eigenvalue weighted by atomic mass is 9.71. The van der Waals surface area contributed by atoms with E-state index in [1.807, 2.05) is 0 Å². The zero-order valence-electron chi connectivity index (χ0n) is 11.5. The van der Waals surface area contributed by atoms with Gasteiger partial charge in [0.2, 0.25) is 0 Å². The van der Waals surface area contributed by atoms with Gasteiger partial charge in [-0.3, -0.25) is 0 Å². The van der Waals surface area contributed by atoms with Crippen molar-refractivity contribution < 1.29 is 9.53 Å². The number of carbonyl (C=O) groups is 1. The Morgan fingerprint density at radius 2 is 2.00 bits per heavy atom. The van der Waals surface area contributed by atoms with E-state index in [2.05, 4.69) is 45.0 Å². The van der Waals surface area contributed by atoms with E-state index in [9.17, 15) is 4.79 Å². The van der Waals surface area contributed by atoms with Gasteiger partial charge in [0.15, 0.2) is 0 Å². The molecule has 98 valence electrons. The summed E-state index contributed by atoms with van der Waals surface area (Å²) in [5.41, 5.74) is 2.36. The molecule has 18 heavy (non-hydrogen) atoms. The number of hydrogen-bond donors (Lipinski definition) is 0. The summed E-state index contributed by atoms with van der Waals surface area (Å²) in [6.45, 7) is 7.12. The minimum absolute atomic E-state index is 0.193. The second kappa shape index (κ2) is 5.23. The van der Waals surface area contributed by atoms with Gasteiger partial charge in [-0.15, -0.1) is 0 Å². The summed E-state index contributed by atoms with van der Waals surface area (Å²) in [6, 6.07) is 8.62. The summed E-state index contributed by atoms with van der Waals surface area (Å²) < 4.78 is 5.92. The molecule has 0 N–H and O–H groups in total. The fourth-order valence-corrected chi connectivity index (χ4v) is 3.12. The second-order valence-electron chi connectivity index (χ2n) is 5.79. The molecule has 0 radical (unpaired) electrons. The molecule has 1 aromatic rings. The van der Waals surface area contributed by atoms with Crippen LogP contribution in [0.15, 0.2) is 24.3 Å². The number of rotatable bonds is 3. The normalized spacial score (nSPS) is 26.8. The van der Waals surface area contributed by atoms with Gasteiger partial charge in [0.1, 0.15) is 6.29 Å². The van der Waals surface area contributed by atoms with E-state index in [1.54, 1.807) is 0 Å². The van der Waals surface area contributed by atoms with Crippen LogP contribution >= 0.6 is 0 Å². The van der Waals surface area contributed by atoms with E-state index < -0.39 is 0 Å². The Balaban J connectivity index is 2.33. The van der Waals surface area contributed by atoms with Gasteiger partial charge in [-0.25, -0.2) is 0 Å². The highest BCUT2D eigenvalue weighted by Crippen LogP contribution is 2.43. The molecular formula is C16H22O2. The Morgan fingerprint density at radius 1 is 1.33 bits per heavy atom. The molecular weight excluding hydrogens is 224 g/mol. The number of benzene rings is 1. The number of aldehydes is 1. The lowest BCUT2D eigenvalue weighted by molar-refractivity contribution is -0.114. The molecule has 2 heteroatoms. The zero-order chi connectivity index (χ0) is 13.2. The highest BCUT2D eigenvalue weighted by molar-refractivity contribution is 5.50. The molecule has 0 aromatic heterocycles. The smallest absolute Gasteiger partial charge is 0.120 e. The highest BCUT2D eigenvalue weighted by atomic mass is 16.5. The predicted molar refractivity (Wildman–Crippen MR) is 72.7 cm³/mol. The van der Waals surface area contributed by atoms with E-state index in [-0.39, 0.29) is 5.60 Å². The van der Waals surface area contributed by atoms with E-state index in [4.69, 9.17) is 4.74 Å². The third-order valence-corrected chi connectivity index (χ3v) is 4.02. The minimum Gasteiger partial charge on any atom is -0.375 e. The number of hydrogen-bond acceptors (Lipinski definition) is 2. The van der Waals surface area contributed by atoms with Crippen LogP contribution in [0.3, 0.4) is 0 Å². The Labute approximate surface area is 109 Å². The largest absolute Gasteiger partial charge is 0.375 e. The molecule has 1 fully saturated rings. The molecule has 0 bridgehead atoms. The summed E-state index contributed by atoms with van der Waals surface area (Å²) in [5.74, 6) is 0.700. The SMILES string of the molecule is Cc1ccc(C2C(CC=O)CCOC2(C)C)cc1. The molecule has 2 rings (SSSR count). The second-order valence-corrected chi connectivity index (χ2v) is 5.79. The summed E-state index contributed by atoms with van der Waals surface area (Å²) in [5, 5.41) is 0. The van der Waals surface area contributed by atoms with Gasteiger partial charge in [0.25, 0.3) is 0 Å². The van der Waals surface area contributed by atoms with E-state index in [0.29, 0.717) is 18.3 Å². The molecule has 2 atom stereocenters. The summed E-state index contributed by atoms with van der Waals surface area (Å²) in [4.78, 5) is 10.9. The fraction of sp³-hybridized carbons (Fsp3) is 0.562. The van der Waals surface area contributed by atoms with Crippen LogP contribution in [0.1, 0.15) is 43.7 Å². The first-order chi connectivity index (χ1) is 8.54. The minimum atomic E-state index is -0.193. The van der Waals surface area contributed by atoms with Crippen molar-refractivity contribution in [1.82, 2.24) is 0 Å². The maximum absolute atomic E-state index is 10.9. The molecule has 2 nitrogen and oxygen atoms in total. The van der Waals surface area contributed by atoms with Crippen molar-refractivity contribution in [2.45, 2.75) is 45.1 Å². The molecule has 0 aliphatic carbocycles. The summed E-state index contributed by atoms with van der Waals surface area (Å²) in [6.07, 6.45) is 2.65. The predicted octanol–water partition coefficient (Wildman–Crippen LogP) is 3.48. The van der Waals surface area contributed by atoms with Crippen molar-refractivity contribution in [2.24, 2.45) is 5.92 Å². The van der Waals surface area contributed by atoms with Crippen molar-refractivity contribution in [3.05, 3.63) is 35.4 Å². The number of ether oxygens (including phenoxy) is 1. The van der Waals surface area contributed by atoms with E-state index >= 15 is 0 Å². The standard InChI is InChI=1S/C16H22O2/c1-12-4-6-13(7-5-12)15-14(8-10-17)9-11-18-16(15,2)3/h4-7,10,14-15H,8-9,11H2,1-3H3. The van der Waals surface area contributed by atoms with Crippen LogP contribution in [0.5, 0.6) is 0 Å². The van der Waals surface area contributed by atoms with Crippen molar-refractivity contribution in [1.29, 1.82) is 0 Å². The van der Waals surface area contributed by atoms with Crippen LogP contribution in [0.4, 0.5) is 0 Å². The van der Waals surface area contributed by atoms with Crippen LogP contribution in [0.2, 0.25) is 0 Å². The first-order valence-corrected chi connectivity index (χ1v) is 6.69. The first kappa shape index (κ1) is 13.3. The van der Waals surface area contributed by atoms with Gasteiger partial charge in [0, 0.05) is 18.9 Å². The average Bonchev–Trinajstić information content (AvgIpc) is 2.31. The van der Waals surface area contributed by atoms with Crippen LogP contribution in [0, 0.1) is 12.8 Å². The average molecular weight is 246 g/mol. The van der Waals surface area contributed by atoms with Crippen molar-refractivity contribution >= 4 is 6.29 Å². The zero-order valence-corrected chi connectivity index (χ0v) is 11.5. The quantitative estimate of drug-likeness (QED) is 0.763. The molecule has 1 aromatic carbocycles. The Kier molecular flexibility index (Phi) is 3.86. The van der Waals surface area contributed by atoms with Gasteiger partial charge < -0.3 is 9.53 Å². The van der Waals surface area contributed by atoms with E-state index in [0.717, 1.165) is 19.3 Å². The molecule has 0 saturated carbocycles. The number of carbonyl (C=O) groups excluding carboxylic acids is 1. The van der Waals surface area contributed by atoms with Gasteiger partial charge in [0.05, 0.1) is 5.60 Å².